The minimum absolute atomic E-state index is 0.0483. The summed E-state index contributed by atoms with van der Waals surface area (Å²) in [4.78, 5) is 20.4. The van der Waals surface area contributed by atoms with Crippen LogP contribution in [0.1, 0.15) is 32.2 Å². The molecule has 0 aliphatic rings. The average Bonchev–Trinajstić information content (AvgIpc) is 2.42. The molecule has 2 heterocycles. The lowest BCUT2D eigenvalue weighted by Gasteiger charge is -2.16. The molecule has 0 fully saturated rings. The third-order valence-electron chi connectivity index (χ3n) is 3.08. The van der Waals surface area contributed by atoms with Crippen molar-refractivity contribution in [2.45, 2.75) is 32.2 Å². The highest BCUT2D eigenvalue weighted by Gasteiger charge is 2.13. The van der Waals surface area contributed by atoms with E-state index in [4.69, 9.17) is 0 Å². The van der Waals surface area contributed by atoms with E-state index in [0.717, 1.165) is 19.3 Å². The topological polar surface area (TPSA) is 68.0 Å². The van der Waals surface area contributed by atoms with Gasteiger partial charge in [-0.25, -0.2) is 4.98 Å². The van der Waals surface area contributed by atoms with Crippen LogP contribution in [-0.2, 0) is 0 Å². The van der Waals surface area contributed by atoms with Gasteiger partial charge in [0, 0.05) is 12.4 Å². The Balaban J connectivity index is 2.44. The lowest BCUT2D eigenvalue weighted by molar-refractivity contribution is 0.215. The number of aliphatic hydroxyl groups is 1. The van der Waals surface area contributed by atoms with E-state index in [1.54, 1.807) is 12.3 Å². The van der Waals surface area contributed by atoms with Crippen molar-refractivity contribution in [1.82, 2.24) is 14.5 Å². The first-order valence-electron chi connectivity index (χ1n) is 6.19. The van der Waals surface area contributed by atoms with E-state index in [0.29, 0.717) is 10.9 Å². The maximum absolute atomic E-state index is 12.3. The number of pyridine rings is 1. The fourth-order valence-corrected chi connectivity index (χ4v) is 2.00. The number of rotatable bonds is 5. The van der Waals surface area contributed by atoms with Gasteiger partial charge in [-0.1, -0.05) is 19.8 Å². The van der Waals surface area contributed by atoms with Gasteiger partial charge in [-0.2, -0.15) is 0 Å². The SMILES string of the molecule is CCCCC(CO)n1cnc2ccncc2c1=O. The highest BCUT2D eigenvalue weighted by Crippen LogP contribution is 2.13. The van der Waals surface area contributed by atoms with Crippen molar-refractivity contribution in [2.75, 3.05) is 6.61 Å². The molecule has 96 valence electrons. The summed E-state index contributed by atoms with van der Waals surface area (Å²) in [7, 11) is 0. The molecule has 0 bridgehead atoms. The molecule has 2 aromatic rings. The van der Waals surface area contributed by atoms with Crippen LogP contribution in [0.25, 0.3) is 10.9 Å². The second-order valence-corrected chi connectivity index (χ2v) is 4.33. The second kappa shape index (κ2) is 5.73. The molecule has 0 radical (unpaired) electrons. The standard InChI is InChI=1S/C13H17N3O2/c1-2-3-4-10(8-17)16-9-15-12-5-6-14-7-11(12)13(16)18/h5-7,9-10,17H,2-4,8H2,1H3. The molecule has 0 aromatic carbocycles. The lowest BCUT2D eigenvalue weighted by atomic mass is 10.1. The average molecular weight is 247 g/mol. The monoisotopic (exact) mass is 247 g/mol. The maximum Gasteiger partial charge on any atom is 0.263 e. The summed E-state index contributed by atoms with van der Waals surface area (Å²) in [5.74, 6) is 0. The fourth-order valence-electron chi connectivity index (χ4n) is 2.00. The molecule has 0 saturated carbocycles. The number of hydrogen-bond acceptors (Lipinski definition) is 4. The first-order valence-corrected chi connectivity index (χ1v) is 6.19. The van der Waals surface area contributed by atoms with Gasteiger partial charge >= 0.3 is 0 Å². The third-order valence-corrected chi connectivity index (χ3v) is 3.08. The van der Waals surface area contributed by atoms with E-state index in [-0.39, 0.29) is 18.2 Å². The van der Waals surface area contributed by atoms with Gasteiger partial charge in [-0.3, -0.25) is 14.3 Å². The largest absolute Gasteiger partial charge is 0.394 e. The Morgan fingerprint density at radius 2 is 2.33 bits per heavy atom. The second-order valence-electron chi connectivity index (χ2n) is 4.33. The Bertz CT molecular complexity index is 580. The molecule has 0 saturated heterocycles. The number of aliphatic hydroxyl groups excluding tert-OH is 1. The van der Waals surface area contributed by atoms with Crippen molar-refractivity contribution in [1.29, 1.82) is 0 Å². The quantitative estimate of drug-likeness (QED) is 0.869. The first-order chi connectivity index (χ1) is 8.77. The van der Waals surface area contributed by atoms with Crippen LogP contribution in [0.3, 0.4) is 0 Å². The van der Waals surface area contributed by atoms with Crippen LogP contribution < -0.4 is 5.56 Å². The molecule has 0 aliphatic carbocycles. The molecule has 5 nitrogen and oxygen atoms in total. The van der Waals surface area contributed by atoms with E-state index in [9.17, 15) is 9.90 Å². The molecule has 0 spiro atoms. The van der Waals surface area contributed by atoms with Crippen molar-refractivity contribution < 1.29 is 5.11 Å². The van der Waals surface area contributed by atoms with E-state index in [1.165, 1.54) is 17.1 Å². The Kier molecular flexibility index (Phi) is 4.04. The van der Waals surface area contributed by atoms with Crippen molar-refractivity contribution in [3.05, 3.63) is 35.1 Å². The number of hydrogen-bond donors (Lipinski definition) is 1. The van der Waals surface area contributed by atoms with Gasteiger partial charge in [0.1, 0.15) is 0 Å². The molecule has 0 amide bonds. The normalized spacial score (nSPS) is 12.8. The van der Waals surface area contributed by atoms with Crippen molar-refractivity contribution in [3.8, 4) is 0 Å². The van der Waals surface area contributed by atoms with Crippen LogP contribution >= 0.6 is 0 Å². The van der Waals surface area contributed by atoms with E-state index in [1.807, 2.05) is 0 Å². The Labute approximate surface area is 105 Å². The van der Waals surface area contributed by atoms with Gasteiger partial charge in [-0.15, -0.1) is 0 Å². The van der Waals surface area contributed by atoms with Crippen LogP contribution in [0.4, 0.5) is 0 Å². The van der Waals surface area contributed by atoms with Gasteiger partial charge in [-0.05, 0) is 12.5 Å². The number of nitrogens with zero attached hydrogens (tertiary/aromatic N) is 3. The Hall–Kier alpha value is -1.75. The van der Waals surface area contributed by atoms with Crippen molar-refractivity contribution >= 4 is 10.9 Å². The lowest BCUT2D eigenvalue weighted by Crippen LogP contribution is -2.27. The highest BCUT2D eigenvalue weighted by molar-refractivity contribution is 5.75. The minimum atomic E-state index is -0.199. The molecule has 2 rings (SSSR count). The van der Waals surface area contributed by atoms with Crippen molar-refractivity contribution in [3.63, 3.8) is 0 Å². The fraction of sp³-hybridized carbons (Fsp3) is 0.462. The zero-order chi connectivity index (χ0) is 13.0. The summed E-state index contributed by atoms with van der Waals surface area (Å²) >= 11 is 0. The highest BCUT2D eigenvalue weighted by atomic mass is 16.3. The zero-order valence-electron chi connectivity index (χ0n) is 10.4. The summed E-state index contributed by atoms with van der Waals surface area (Å²) in [6, 6.07) is 1.51. The van der Waals surface area contributed by atoms with Gasteiger partial charge in [0.2, 0.25) is 0 Å². The third kappa shape index (κ3) is 2.41. The predicted octanol–water partition coefficient (Wildman–Crippen LogP) is 1.52. The Morgan fingerprint density at radius 1 is 1.50 bits per heavy atom. The summed E-state index contributed by atoms with van der Waals surface area (Å²) < 4.78 is 1.51. The van der Waals surface area contributed by atoms with Crippen LogP contribution in [-0.4, -0.2) is 26.2 Å². The molecule has 1 atom stereocenters. The van der Waals surface area contributed by atoms with Gasteiger partial charge in [0.25, 0.3) is 5.56 Å². The number of unbranched alkanes of at least 4 members (excludes halogenated alkanes) is 1. The summed E-state index contributed by atoms with van der Waals surface area (Å²) in [6.07, 6.45) is 7.44. The van der Waals surface area contributed by atoms with E-state index >= 15 is 0 Å². The first kappa shape index (κ1) is 12.7. The van der Waals surface area contributed by atoms with Crippen LogP contribution in [0.5, 0.6) is 0 Å². The molecule has 0 aliphatic heterocycles. The predicted molar refractivity (Wildman–Crippen MR) is 69.4 cm³/mol. The minimum Gasteiger partial charge on any atom is -0.394 e. The van der Waals surface area contributed by atoms with Gasteiger partial charge in [0.15, 0.2) is 0 Å². The van der Waals surface area contributed by atoms with Crippen LogP contribution in [0.2, 0.25) is 0 Å². The maximum atomic E-state index is 12.3. The van der Waals surface area contributed by atoms with Crippen LogP contribution in [0, 0.1) is 0 Å². The molecular weight excluding hydrogens is 230 g/mol. The molecule has 1 unspecified atom stereocenters. The number of aromatic nitrogens is 3. The molecular formula is C13H17N3O2. The zero-order valence-corrected chi connectivity index (χ0v) is 10.4. The summed E-state index contributed by atoms with van der Waals surface area (Å²) in [6.45, 7) is 2.03. The smallest absolute Gasteiger partial charge is 0.263 e. The number of fused-ring (bicyclic) bond motifs is 1. The molecule has 2 aromatic heterocycles. The Morgan fingerprint density at radius 3 is 3.06 bits per heavy atom. The summed E-state index contributed by atoms with van der Waals surface area (Å²) in [5.41, 5.74) is 0.502. The van der Waals surface area contributed by atoms with E-state index in [2.05, 4.69) is 16.9 Å². The van der Waals surface area contributed by atoms with Crippen LogP contribution in [0.15, 0.2) is 29.6 Å². The van der Waals surface area contributed by atoms with Crippen molar-refractivity contribution in [2.24, 2.45) is 0 Å². The molecule has 18 heavy (non-hydrogen) atoms. The molecule has 1 N–H and O–H groups in total. The van der Waals surface area contributed by atoms with E-state index < -0.39 is 0 Å². The van der Waals surface area contributed by atoms with Gasteiger partial charge < -0.3 is 5.11 Å². The van der Waals surface area contributed by atoms with Gasteiger partial charge in [0.05, 0.1) is 29.9 Å². The summed E-state index contributed by atoms with van der Waals surface area (Å²) in [5, 5.41) is 9.89. The molecule has 5 heteroatoms.